The molecule has 8 heteroatoms. The molecule has 2 N–H and O–H groups in total. The number of fused-ring (bicyclic) bond motifs is 1. The number of hydrogen-bond acceptors (Lipinski definition) is 5. The molecule has 2 aromatic rings. The van der Waals surface area contributed by atoms with Crippen LogP contribution in [0.4, 0.5) is 5.00 Å². The van der Waals surface area contributed by atoms with E-state index in [0.29, 0.717) is 0 Å². The Labute approximate surface area is 141 Å². The van der Waals surface area contributed by atoms with Gasteiger partial charge >= 0.3 is 5.97 Å². The highest BCUT2D eigenvalue weighted by Crippen LogP contribution is 2.27. The normalized spacial score (nSPS) is 13.4. The maximum atomic E-state index is 12.2. The number of aromatic nitrogens is 2. The highest BCUT2D eigenvalue weighted by molar-refractivity contribution is 7.16. The molecule has 1 aliphatic carbocycles. The van der Waals surface area contributed by atoms with Crippen LogP contribution < -0.4 is 10.9 Å². The van der Waals surface area contributed by atoms with Crippen LogP contribution >= 0.6 is 11.3 Å². The fourth-order valence-corrected chi connectivity index (χ4v) is 3.70. The first-order chi connectivity index (χ1) is 11.4. The van der Waals surface area contributed by atoms with Crippen LogP contribution in [-0.4, -0.2) is 26.8 Å². The lowest BCUT2D eigenvalue weighted by molar-refractivity contribution is -0.117. The van der Waals surface area contributed by atoms with E-state index in [4.69, 9.17) is 5.11 Å². The van der Waals surface area contributed by atoms with Crippen LogP contribution in [0.1, 0.15) is 39.3 Å². The molecule has 2 heterocycles. The van der Waals surface area contributed by atoms with E-state index in [0.717, 1.165) is 46.5 Å². The highest BCUT2D eigenvalue weighted by Gasteiger charge is 2.18. The summed E-state index contributed by atoms with van der Waals surface area (Å²) >= 11 is 1.19. The first-order valence-corrected chi connectivity index (χ1v) is 8.49. The summed E-state index contributed by atoms with van der Waals surface area (Å²) in [7, 11) is 0. The first-order valence-electron chi connectivity index (χ1n) is 7.67. The monoisotopic (exact) mass is 347 g/mol. The molecule has 0 atom stereocenters. The van der Waals surface area contributed by atoms with Crippen molar-refractivity contribution in [2.75, 3.05) is 5.32 Å². The number of carboxylic acid groups (broad SMARTS) is 1. The molecule has 1 aliphatic rings. The fraction of sp³-hybridized carbons (Fsp3) is 0.375. The first kappa shape index (κ1) is 16.4. The van der Waals surface area contributed by atoms with Gasteiger partial charge < -0.3 is 10.4 Å². The molecule has 0 bridgehead atoms. The van der Waals surface area contributed by atoms with Gasteiger partial charge in [-0.1, -0.05) is 0 Å². The molecular formula is C16H17N3O4S. The number of carbonyl (C=O) groups excluding carboxylic acids is 1. The van der Waals surface area contributed by atoms with Crippen LogP contribution in [0.2, 0.25) is 0 Å². The predicted molar refractivity (Wildman–Crippen MR) is 89.8 cm³/mol. The Morgan fingerprint density at radius 2 is 2.08 bits per heavy atom. The minimum atomic E-state index is -1.10. The van der Waals surface area contributed by atoms with Crippen molar-refractivity contribution in [1.82, 2.24) is 9.78 Å². The second-order valence-electron chi connectivity index (χ2n) is 5.77. The molecule has 0 fully saturated rings. The van der Waals surface area contributed by atoms with Gasteiger partial charge in [0.1, 0.15) is 11.5 Å². The van der Waals surface area contributed by atoms with E-state index in [2.05, 4.69) is 10.4 Å². The SMILES string of the molecule is Cc1cc(C(=O)O)c(NC(=O)Cn2nc3c(cc2=O)CCCC3)s1. The van der Waals surface area contributed by atoms with Crippen molar-refractivity contribution in [3.05, 3.63) is 44.2 Å². The van der Waals surface area contributed by atoms with Crippen LogP contribution in [0.15, 0.2) is 16.9 Å². The summed E-state index contributed by atoms with van der Waals surface area (Å²) in [6.07, 6.45) is 3.74. The molecule has 0 spiro atoms. The highest BCUT2D eigenvalue weighted by atomic mass is 32.1. The van der Waals surface area contributed by atoms with E-state index < -0.39 is 11.9 Å². The Kier molecular flexibility index (Phi) is 4.48. The van der Waals surface area contributed by atoms with Crippen molar-refractivity contribution >= 4 is 28.2 Å². The van der Waals surface area contributed by atoms with E-state index in [1.807, 2.05) is 0 Å². The molecule has 0 aromatic carbocycles. The van der Waals surface area contributed by atoms with Gasteiger partial charge in [-0.15, -0.1) is 11.3 Å². The average molecular weight is 347 g/mol. The number of aryl methyl sites for hydroxylation is 3. The molecule has 0 aliphatic heterocycles. The summed E-state index contributed by atoms with van der Waals surface area (Å²) in [5.74, 6) is -1.57. The zero-order valence-electron chi connectivity index (χ0n) is 13.2. The molecule has 0 saturated carbocycles. The van der Waals surface area contributed by atoms with E-state index in [1.54, 1.807) is 13.0 Å². The van der Waals surface area contributed by atoms with Crippen LogP contribution in [0.3, 0.4) is 0 Å². The Bertz CT molecular complexity index is 869. The van der Waals surface area contributed by atoms with E-state index in [-0.39, 0.29) is 22.7 Å². The standard InChI is InChI=1S/C16H17N3O4S/c1-9-6-11(16(22)23)15(24-9)17-13(20)8-19-14(21)7-10-4-2-3-5-12(10)18-19/h6-7H,2-5,8H2,1H3,(H,17,20)(H,22,23). The lowest BCUT2D eigenvalue weighted by Crippen LogP contribution is -2.31. The summed E-state index contributed by atoms with van der Waals surface area (Å²) in [4.78, 5) is 36.2. The molecule has 0 radical (unpaired) electrons. The van der Waals surface area contributed by atoms with Gasteiger partial charge in [0.2, 0.25) is 5.91 Å². The van der Waals surface area contributed by atoms with Crippen molar-refractivity contribution in [3.8, 4) is 0 Å². The zero-order chi connectivity index (χ0) is 17.3. The van der Waals surface area contributed by atoms with Gasteiger partial charge in [-0.3, -0.25) is 9.59 Å². The maximum absolute atomic E-state index is 12.2. The third-order valence-electron chi connectivity index (χ3n) is 3.91. The zero-order valence-corrected chi connectivity index (χ0v) is 14.0. The van der Waals surface area contributed by atoms with E-state index in [1.165, 1.54) is 17.4 Å². The summed E-state index contributed by atoms with van der Waals surface area (Å²) in [5, 5.41) is 16.3. The molecule has 0 saturated heterocycles. The average Bonchev–Trinajstić information content (AvgIpc) is 2.88. The molecular weight excluding hydrogens is 330 g/mol. The number of aromatic carboxylic acids is 1. The third-order valence-corrected chi connectivity index (χ3v) is 4.87. The van der Waals surface area contributed by atoms with Gasteiger partial charge in [0.15, 0.2) is 0 Å². The number of thiophene rings is 1. The number of carboxylic acids is 1. The van der Waals surface area contributed by atoms with Crippen molar-refractivity contribution in [2.45, 2.75) is 39.2 Å². The lowest BCUT2D eigenvalue weighted by atomic mass is 9.97. The number of rotatable bonds is 4. The Morgan fingerprint density at radius 3 is 2.83 bits per heavy atom. The Balaban J connectivity index is 1.78. The van der Waals surface area contributed by atoms with Crippen LogP contribution in [0.5, 0.6) is 0 Å². The summed E-state index contributed by atoms with van der Waals surface area (Å²) in [6, 6.07) is 3.05. The van der Waals surface area contributed by atoms with Crippen molar-refractivity contribution in [1.29, 1.82) is 0 Å². The molecule has 2 aromatic heterocycles. The van der Waals surface area contributed by atoms with Crippen molar-refractivity contribution < 1.29 is 14.7 Å². The maximum Gasteiger partial charge on any atom is 0.338 e. The second kappa shape index (κ2) is 6.56. The Hall–Kier alpha value is -2.48. The van der Waals surface area contributed by atoms with E-state index >= 15 is 0 Å². The lowest BCUT2D eigenvalue weighted by Gasteiger charge is -2.15. The molecule has 1 amide bonds. The Morgan fingerprint density at radius 1 is 1.33 bits per heavy atom. The molecule has 126 valence electrons. The third kappa shape index (κ3) is 3.38. The largest absolute Gasteiger partial charge is 0.478 e. The number of hydrogen-bond donors (Lipinski definition) is 2. The predicted octanol–water partition coefficient (Wildman–Crippen LogP) is 1.83. The van der Waals surface area contributed by atoms with Gasteiger partial charge in [-0.25, -0.2) is 9.48 Å². The van der Waals surface area contributed by atoms with Crippen molar-refractivity contribution in [2.24, 2.45) is 0 Å². The minimum absolute atomic E-state index is 0.0524. The minimum Gasteiger partial charge on any atom is -0.478 e. The van der Waals surface area contributed by atoms with E-state index in [9.17, 15) is 14.4 Å². The summed E-state index contributed by atoms with van der Waals surface area (Å²) < 4.78 is 1.14. The number of anilines is 1. The number of nitrogens with zero attached hydrogens (tertiary/aromatic N) is 2. The smallest absolute Gasteiger partial charge is 0.338 e. The van der Waals surface area contributed by atoms with Gasteiger partial charge in [-0.05, 0) is 44.2 Å². The van der Waals surface area contributed by atoms with Gasteiger partial charge in [0.25, 0.3) is 5.56 Å². The summed E-state index contributed by atoms with van der Waals surface area (Å²) in [6.45, 7) is 1.53. The summed E-state index contributed by atoms with van der Waals surface area (Å²) in [5.41, 5.74) is 1.57. The number of carbonyl (C=O) groups is 2. The van der Waals surface area contributed by atoms with Crippen LogP contribution in [0.25, 0.3) is 0 Å². The number of amides is 1. The molecule has 7 nitrogen and oxygen atoms in total. The van der Waals surface area contributed by atoms with Crippen molar-refractivity contribution in [3.63, 3.8) is 0 Å². The fourth-order valence-electron chi connectivity index (χ4n) is 2.78. The van der Waals surface area contributed by atoms with Gasteiger partial charge in [-0.2, -0.15) is 5.10 Å². The molecule has 24 heavy (non-hydrogen) atoms. The topological polar surface area (TPSA) is 101 Å². The quantitative estimate of drug-likeness (QED) is 0.878. The number of nitrogens with one attached hydrogen (secondary N) is 1. The molecule has 0 unspecified atom stereocenters. The second-order valence-corrected chi connectivity index (χ2v) is 7.03. The molecule has 3 rings (SSSR count). The van der Waals surface area contributed by atoms with Crippen LogP contribution in [-0.2, 0) is 24.2 Å². The van der Waals surface area contributed by atoms with Gasteiger partial charge in [0, 0.05) is 10.9 Å². The van der Waals surface area contributed by atoms with Gasteiger partial charge in [0.05, 0.1) is 11.3 Å². The van der Waals surface area contributed by atoms with Crippen LogP contribution in [0, 0.1) is 6.92 Å².